The van der Waals surface area contributed by atoms with E-state index in [1.165, 1.54) is 5.56 Å². The van der Waals surface area contributed by atoms with Crippen LogP contribution in [0.1, 0.15) is 32.3 Å². The van der Waals surface area contributed by atoms with Gasteiger partial charge >= 0.3 is 0 Å². The van der Waals surface area contributed by atoms with Gasteiger partial charge in [-0.1, -0.05) is 30.3 Å². The Hall–Kier alpha value is -1.15. The van der Waals surface area contributed by atoms with Crippen molar-refractivity contribution in [3.8, 4) is 0 Å². The Bertz CT molecular complexity index is 304. The molecular weight excluding hydrogens is 200 g/mol. The van der Waals surface area contributed by atoms with Crippen LogP contribution in [-0.2, 0) is 16.0 Å². The van der Waals surface area contributed by atoms with E-state index >= 15 is 0 Å². The minimum absolute atomic E-state index is 0.210. The highest BCUT2D eigenvalue weighted by Crippen LogP contribution is 2.04. The van der Waals surface area contributed by atoms with E-state index in [9.17, 15) is 4.79 Å². The number of hydrogen-bond donors (Lipinski definition) is 0. The van der Waals surface area contributed by atoms with E-state index in [1.54, 1.807) is 0 Å². The summed E-state index contributed by atoms with van der Waals surface area (Å²) in [5.41, 5.74) is 1.22. The maximum Gasteiger partial charge on any atom is 0.135 e. The van der Waals surface area contributed by atoms with Crippen LogP contribution in [0.25, 0.3) is 0 Å². The van der Waals surface area contributed by atoms with Crippen LogP contribution in [0, 0.1) is 0 Å². The van der Waals surface area contributed by atoms with Gasteiger partial charge in [-0.2, -0.15) is 0 Å². The summed E-state index contributed by atoms with van der Waals surface area (Å²) in [6.45, 7) is 4.51. The minimum Gasteiger partial charge on any atom is -0.378 e. The van der Waals surface area contributed by atoms with E-state index in [0.29, 0.717) is 19.4 Å². The Morgan fingerprint density at radius 1 is 1.19 bits per heavy atom. The third kappa shape index (κ3) is 5.66. The van der Waals surface area contributed by atoms with Gasteiger partial charge in [-0.15, -0.1) is 0 Å². The monoisotopic (exact) mass is 220 g/mol. The predicted molar refractivity (Wildman–Crippen MR) is 65.5 cm³/mol. The lowest BCUT2D eigenvalue weighted by Crippen LogP contribution is -2.09. The molecule has 2 nitrogen and oxygen atoms in total. The zero-order valence-corrected chi connectivity index (χ0v) is 10.1. The first-order valence-corrected chi connectivity index (χ1v) is 5.85. The molecule has 0 aliphatic carbocycles. The summed E-state index contributed by atoms with van der Waals surface area (Å²) in [5, 5.41) is 0. The highest BCUT2D eigenvalue weighted by molar-refractivity contribution is 5.78. The number of carbonyl (C=O) groups is 1. The smallest absolute Gasteiger partial charge is 0.135 e. The topological polar surface area (TPSA) is 26.3 Å². The molecule has 2 heteroatoms. The molecule has 0 radical (unpaired) electrons. The number of ketones is 1. The molecule has 16 heavy (non-hydrogen) atoms. The summed E-state index contributed by atoms with van der Waals surface area (Å²) in [6.07, 6.45) is 2.19. The van der Waals surface area contributed by atoms with E-state index in [1.807, 2.05) is 32.0 Å². The molecule has 0 fully saturated rings. The van der Waals surface area contributed by atoms with Crippen molar-refractivity contribution >= 4 is 5.78 Å². The van der Waals surface area contributed by atoms with Crippen LogP contribution >= 0.6 is 0 Å². The highest BCUT2D eigenvalue weighted by Gasteiger charge is 2.03. The first-order valence-electron chi connectivity index (χ1n) is 5.85. The van der Waals surface area contributed by atoms with E-state index < -0.39 is 0 Å². The average molecular weight is 220 g/mol. The molecule has 0 aliphatic rings. The van der Waals surface area contributed by atoms with Crippen LogP contribution in [0.15, 0.2) is 30.3 Å². The summed E-state index contributed by atoms with van der Waals surface area (Å²) >= 11 is 0. The molecule has 0 N–H and O–H groups in total. The maximum absolute atomic E-state index is 11.5. The van der Waals surface area contributed by atoms with Gasteiger partial charge in [0.25, 0.3) is 0 Å². The van der Waals surface area contributed by atoms with Gasteiger partial charge in [0.1, 0.15) is 5.78 Å². The lowest BCUT2D eigenvalue weighted by Gasteiger charge is -2.06. The van der Waals surface area contributed by atoms with E-state index in [4.69, 9.17) is 4.74 Å². The van der Waals surface area contributed by atoms with Crippen molar-refractivity contribution in [1.82, 2.24) is 0 Å². The SMILES string of the molecule is CC(C)OCCC(=O)CCc1ccccc1. The molecule has 0 spiro atoms. The molecule has 0 aromatic heterocycles. The van der Waals surface area contributed by atoms with Gasteiger partial charge in [0.05, 0.1) is 12.7 Å². The zero-order valence-electron chi connectivity index (χ0n) is 10.1. The first-order chi connectivity index (χ1) is 7.68. The van der Waals surface area contributed by atoms with Crippen molar-refractivity contribution in [3.63, 3.8) is 0 Å². The molecule has 0 aliphatic heterocycles. The molecule has 1 rings (SSSR count). The minimum atomic E-state index is 0.210. The summed E-state index contributed by atoms with van der Waals surface area (Å²) in [6, 6.07) is 10.1. The number of Topliss-reactive ketones (excluding diaryl/α,β-unsaturated/α-hetero) is 1. The van der Waals surface area contributed by atoms with Crippen molar-refractivity contribution in [1.29, 1.82) is 0 Å². The van der Waals surface area contributed by atoms with Gasteiger partial charge in [-0.05, 0) is 25.8 Å². The fourth-order valence-electron chi connectivity index (χ4n) is 1.46. The van der Waals surface area contributed by atoms with Crippen LogP contribution in [0.3, 0.4) is 0 Å². The summed E-state index contributed by atoms with van der Waals surface area (Å²) < 4.78 is 5.34. The second kappa shape index (κ2) is 7.18. The molecule has 1 aromatic rings. The Balaban J connectivity index is 2.16. The van der Waals surface area contributed by atoms with Crippen molar-refractivity contribution in [2.75, 3.05) is 6.61 Å². The van der Waals surface area contributed by atoms with Crippen molar-refractivity contribution in [2.24, 2.45) is 0 Å². The molecule has 1 aromatic carbocycles. The largest absolute Gasteiger partial charge is 0.378 e. The van der Waals surface area contributed by atoms with Gasteiger partial charge in [-0.3, -0.25) is 4.79 Å². The Morgan fingerprint density at radius 3 is 2.50 bits per heavy atom. The van der Waals surface area contributed by atoms with Crippen molar-refractivity contribution in [2.45, 2.75) is 39.2 Å². The Kier molecular flexibility index (Phi) is 5.79. The Morgan fingerprint density at radius 2 is 1.88 bits per heavy atom. The number of carbonyl (C=O) groups excluding carboxylic acids is 1. The quantitative estimate of drug-likeness (QED) is 0.706. The fourth-order valence-corrected chi connectivity index (χ4v) is 1.46. The molecule has 88 valence electrons. The van der Waals surface area contributed by atoms with Gasteiger partial charge in [-0.25, -0.2) is 0 Å². The molecule has 0 heterocycles. The third-order valence-corrected chi connectivity index (χ3v) is 2.37. The lowest BCUT2D eigenvalue weighted by molar-refractivity contribution is -0.120. The standard InChI is InChI=1S/C14H20O2/c1-12(2)16-11-10-14(15)9-8-13-6-4-3-5-7-13/h3-7,12H,8-11H2,1-2H3. The molecule has 0 atom stereocenters. The van der Waals surface area contributed by atoms with Crippen molar-refractivity contribution < 1.29 is 9.53 Å². The first kappa shape index (κ1) is 12.9. The van der Waals surface area contributed by atoms with E-state index in [2.05, 4.69) is 12.1 Å². The number of hydrogen-bond acceptors (Lipinski definition) is 2. The van der Waals surface area contributed by atoms with Gasteiger partial charge in [0, 0.05) is 12.8 Å². The second-order valence-corrected chi connectivity index (χ2v) is 4.19. The average Bonchev–Trinajstić information content (AvgIpc) is 2.27. The summed E-state index contributed by atoms with van der Waals surface area (Å²) in [5.74, 6) is 0.282. The zero-order chi connectivity index (χ0) is 11.8. The van der Waals surface area contributed by atoms with E-state index in [-0.39, 0.29) is 11.9 Å². The number of benzene rings is 1. The summed E-state index contributed by atoms with van der Waals surface area (Å²) in [4.78, 5) is 11.5. The molecule has 0 saturated heterocycles. The molecular formula is C14H20O2. The molecule has 0 unspecified atom stereocenters. The molecule has 0 saturated carbocycles. The van der Waals surface area contributed by atoms with Crippen molar-refractivity contribution in [3.05, 3.63) is 35.9 Å². The van der Waals surface area contributed by atoms with Gasteiger partial charge < -0.3 is 4.74 Å². The van der Waals surface area contributed by atoms with Crippen LogP contribution in [-0.4, -0.2) is 18.5 Å². The molecule has 0 amide bonds. The Labute approximate surface area is 97.6 Å². The number of rotatable bonds is 7. The second-order valence-electron chi connectivity index (χ2n) is 4.19. The highest BCUT2D eigenvalue weighted by atomic mass is 16.5. The van der Waals surface area contributed by atoms with Crippen LogP contribution in [0.5, 0.6) is 0 Å². The fraction of sp³-hybridized carbons (Fsp3) is 0.500. The number of ether oxygens (including phenoxy) is 1. The van der Waals surface area contributed by atoms with Crippen LogP contribution in [0.2, 0.25) is 0 Å². The third-order valence-electron chi connectivity index (χ3n) is 2.37. The van der Waals surface area contributed by atoms with E-state index in [0.717, 1.165) is 6.42 Å². The normalized spacial score (nSPS) is 10.7. The predicted octanol–water partition coefficient (Wildman–Crippen LogP) is 3.00. The maximum atomic E-state index is 11.5. The van der Waals surface area contributed by atoms with Gasteiger partial charge in [0.2, 0.25) is 0 Å². The lowest BCUT2D eigenvalue weighted by atomic mass is 10.1. The summed E-state index contributed by atoms with van der Waals surface area (Å²) in [7, 11) is 0. The van der Waals surface area contributed by atoms with Crippen LogP contribution < -0.4 is 0 Å². The van der Waals surface area contributed by atoms with Crippen LogP contribution in [0.4, 0.5) is 0 Å². The number of aryl methyl sites for hydroxylation is 1. The molecule has 0 bridgehead atoms. The van der Waals surface area contributed by atoms with Gasteiger partial charge in [0.15, 0.2) is 0 Å².